The van der Waals surface area contributed by atoms with E-state index in [0.29, 0.717) is 34.8 Å². The van der Waals surface area contributed by atoms with Gasteiger partial charge in [0.2, 0.25) is 0 Å². The second kappa shape index (κ2) is 8.93. The fourth-order valence-corrected chi connectivity index (χ4v) is 10.5. The molecule has 0 bridgehead atoms. The molecule has 4 aliphatic carbocycles. The summed E-state index contributed by atoms with van der Waals surface area (Å²) in [5.41, 5.74) is 2.81. The summed E-state index contributed by atoms with van der Waals surface area (Å²) in [6.45, 7) is 10.7. The largest absolute Gasteiger partial charge is 0.458 e. The molecule has 0 radical (unpaired) electrons. The van der Waals surface area contributed by atoms with Crippen molar-refractivity contribution in [1.82, 2.24) is 0 Å². The van der Waals surface area contributed by atoms with Gasteiger partial charge in [-0.05, 0) is 97.5 Å². The first-order valence-electron chi connectivity index (χ1n) is 15.5. The standard InChI is InChI=1S/C34H46O4/c1-21-12-17-34(36-20-21)22(2)30-29(38-34)19-28-26-11-10-24-18-25(37-31(35)23-8-6-5-7-9-23)13-15-32(24,3)27(26)14-16-33(28,30)4/h5-10,21-22,25-30H,11-20H2,1-4H3/t21-,22+,25-,26-,27-,28-,29-,30+,32+,33+,34-/m1/s1. The smallest absolute Gasteiger partial charge is 0.338 e. The molecule has 1 aromatic carbocycles. The van der Waals surface area contributed by atoms with Crippen LogP contribution in [0.4, 0.5) is 0 Å². The van der Waals surface area contributed by atoms with Gasteiger partial charge in [0.1, 0.15) is 6.10 Å². The van der Waals surface area contributed by atoms with E-state index in [1.807, 2.05) is 30.3 Å². The molecule has 2 aliphatic heterocycles. The van der Waals surface area contributed by atoms with Crippen molar-refractivity contribution >= 4 is 5.97 Å². The quantitative estimate of drug-likeness (QED) is 0.299. The summed E-state index contributed by atoms with van der Waals surface area (Å²) < 4.78 is 19.5. The van der Waals surface area contributed by atoms with E-state index in [9.17, 15) is 4.79 Å². The summed E-state index contributed by atoms with van der Waals surface area (Å²) in [4.78, 5) is 12.7. The van der Waals surface area contributed by atoms with Crippen LogP contribution in [0.2, 0.25) is 0 Å². The summed E-state index contributed by atoms with van der Waals surface area (Å²) in [7, 11) is 0. The molecule has 6 aliphatic rings. The van der Waals surface area contributed by atoms with Crippen molar-refractivity contribution in [2.24, 2.45) is 46.3 Å². The number of allylic oxidation sites excluding steroid dienone is 1. The molecule has 4 nitrogen and oxygen atoms in total. The number of benzene rings is 1. The monoisotopic (exact) mass is 518 g/mol. The van der Waals surface area contributed by atoms with Gasteiger partial charge in [-0.25, -0.2) is 4.79 Å². The van der Waals surface area contributed by atoms with Gasteiger partial charge in [-0.15, -0.1) is 0 Å². The maximum atomic E-state index is 12.7. The number of fused-ring (bicyclic) bond motifs is 7. The van der Waals surface area contributed by atoms with Crippen LogP contribution in [0.5, 0.6) is 0 Å². The molecule has 1 spiro atoms. The number of carbonyl (C=O) groups excluding carboxylic acids is 1. The van der Waals surface area contributed by atoms with Crippen molar-refractivity contribution in [2.75, 3.05) is 6.61 Å². The lowest BCUT2D eigenvalue weighted by Crippen LogP contribution is -2.52. The van der Waals surface area contributed by atoms with Gasteiger partial charge >= 0.3 is 5.97 Å². The lowest BCUT2D eigenvalue weighted by atomic mass is 9.47. The van der Waals surface area contributed by atoms with Crippen LogP contribution in [0.25, 0.3) is 0 Å². The van der Waals surface area contributed by atoms with Gasteiger partial charge in [0.15, 0.2) is 5.79 Å². The molecular weight excluding hydrogens is 472 g/mol. The van der Waals surface area contributed by atoms with Crippen LogP contribution >= 0.6 is 0 Å². The second-order valence-electron chi connectivity index (χ2n) is 14.4. The molecule has 206 valence electrons. The number of hydrogen-bond donors (Lipinski definition) is 0. The van der Waals surface area contributed by atoms with Gasteiger partial charge in [0, 0.05) is 18.8 Å². The first-order chi connectivity index (χ1) is 18.2. The molecule has 38 heavy (non-hydrogen) atoms. The van der Waals surface area contributed by atoms with Crippen molar-refractivity contribution in [2.45, 2.75) is 103 Å². The topological polar surface area (TPSA) is 44.8 Å². The van der Waals surface area contributed by atoms with Gasteiger partial charge < -0.3 is 14.2 Å². The summed E-state index contributed by atoms with van der Waals surface area (Å²) in [6, 6.07) is 9.45. The fourth-order valence-electron chi connectivity index (χ4n) is 10.5. The van der Waals surface area contributed by atoms with Gasteiger partial charge in [0.25, 0.3) is 0 Å². The van der Waals surface area contributed by atoms with Crippen molar-refractivity contribution in [3.63, 3.8) is 0 Å². The van der Waals surface area contributed by atoms with E-state index < -0.39 is 0 Å². The molecule has 4 heteroatoms. The third-order valence-electron chi connectivity index (χ3n) is 12.6. The number of ether oxygens (including phenoxy) is 3. The molecule has 2 heterocycles. The Labute approximate surface area is 228 Å². The van der Waals surface area contributed by atoms with Gasteiger partial charge in [-0.1, -0.05) is 57.5 Å². The summed E-state index contributed by atoms with van der Waals surface area (Å²) >= 11 is 0. The van der Waals surface area contributed by atoms with Gasteiger partial charge in [0.05, 0.1) is 18.3 Å². The molecule has 0 unspecified atom stereocenters. The Hall–Kier alpha value is -1.65. The lowest BCUT2D eigenvalue weighted by molar-refractivity contribution is -0.272. The fraction of sp³-hybridized carbons (Fsp3) is 0.735. The molecule has 1 aromatic rings. The minimum Gasteiger partial charge on any atom is -0.458 e. The zero-order chi connectivity index (χ0) is 26.3. The van der Waals surface area contributed by atoms with E-state index in [1.54, 1.807) is 5.57 Å². The summed E-state index contributed by atoms with van der Waals surface area (Å²) in [5.74, 6) is 3.46. The molecule has 3 saturated carbocycles. The first-order valence-corrected chi connectivity index (χ1v) is 15.5. The molecule has 7 rings (SSSR count). The Morgan fingerprint density at radius 2 is 1.82 bits per heavy atom. The van der Waals surface area contributed by atoms with E-state index in [2.05, 4.69) is 33.8 Å². The molecule has 11 atom stereocenters. The van der Waals surface area contributed by atoms with Gasteiger partial charge in [-0.3, -0.25) is 0 Å². The van der Waals surface area contributed by atoms with Crippen LogP contribution in [0, 0.1) is 46.3 Å². The highest BCUT2D eigenvalue weighted by atomic mass is 16.7. The Morgan fingerprint density at radius 3 is 2.58 bits per heavy atom. The normalized spacial score (nSPS) is 49.4. The SMILES string of the molecule is C[C@@H]1CC[C@@]2(OC1)O[C@@H]1C[C@@H]3[C@@H]4CC=C5C[C@H](OC(=O)c6ccccc6)CC[C@]5(C)[C@@H]4CC[C@]3(C)[C@H]1[C@@H]2C. The molecular formula is C34H46O4. The van der Waals surface area contributed by atoms with Crippen LogP contribution in [-0.2, 0) is 14.2 Å². The highest BCUT2D eigenvalue weighted by molar-refractivity contribution is 5.89. The van der Waals surface area contributed by atoms with Crippen LogP contribution in [0.3, 0.4) is 0 Å². The predicted octanol–water partition coefficient (Wildman–Crippen LogP) is 7.58. The van der Waals surface area contributed by atoms with Crippen LogP contribution in [0.1, 0.15) is 95.8 Å². The summed E-state index contributed by atoms with van der Waals surface area (Å²) in [6.07, 6.45) is 13.3. The van der Waals surface area contributed by atoms with E-state index >= 15 is 0 Å². The van der Waals surface area contributed by atoms with Gasteiger partial charge in [-0.2, -0.15) is 0 Å². The van der Waals surface area contributed by atoms with E-state index in [4.69, 9.17) is 14.2 Å². The Kier molecular flexibility index (Phi) is 5.95. The Balaban J connectivity index is 1.08. The minimum atomic E-state index is -0.326. The second-order valence-corrected chi connectivity index (χ2v) is 14.4. The Bertz CT molecular complexity index is 1100. The zero-order valence-corrected chi connectivity index (χ0v) is 23.8. The van der Waals surface area contributed by atoms with E-state index in [1.165, 1.54) is 32.1 Å². The number of rotatable bonds is 2. The van der Waals surface area contributed by atoms with Crippen molar-refractivity contribution in [1.29, 1.82) is 0 Å². The highest BCUT2D eigenvalue weighted by Crippen LogP contribution is 2.70. The maximum Gasteiger partial charge on any atom is 0.338 e. The zero-order valence-electron chi connectivity index (χ0n) is 23.8. The van der Waals surface area contributed by atoms with Crippen LogP contribution < -0.4 is 0 Å². The third-order valence-corrected chi connectivity index (χ3v) is 12.6. The van der Waals surface area contributed by atoms with Crippen molar-refractivity contribution in [3.8, 4) is 0 Å². The average Bonchev–Trinajstić information content (AvgIpc) is 3.36. The third kappa shape index (κ3) is 3.65. The molecule has 0 N–H and O–H groups in total. The Morgan fingerprint density at radius 1 is 1.00 bits per heavy atom. The van der Waals surface area contributed by atoms with Crippen LogP contribution in [-0.4, -0.2) is 30.6 Å². The molecule has 0 amide bonds. The highest BCUT2D eigenvalue weighted by Gasteiger charge is 2.68. The number of esters is 1. The number of carbonyl (C=O) groups is 1. The van der Waals surface area contributed by atoms with Crippen molar-refractivity contribution < 1.29 is 19.0 Å². The molecule has 5 fully saturated rings. The average molecular weight is 519 g/mol. The summed E-state index contributed by atoms with van der Waals surface area (Å²) in [5, 5.41) is 0. The van der Waals surface area contributed by atoms with E-state index in [0.717, 1.165) is 50.0 Å². The van der Waals surface area contributed by atoms with Crippen molar-refractivity contribution in [3.05, 3.63) is 47.5 Å². The molecule has 2 saturated heterocycles. The lowest BCUT2D eigenvalue weighted by Gasteiger charge is -2.58. The van der Waals surface area contributed by atoms with Crippen LogP contribution in [0.15, 0.2) is 42.0 Å². The molecule has 0 aromatic heterocycles. The predicted molar refractivity (Wildman–Crippen MR) is 147 cm³/mol. The minimum absolute atomic E-state index is 0.00178. The number of hydrogen-bond acceptors (Lipinski definition) is 4. The maximum absolute atomic E-state index is 12.7. The van der Waals surface area contributed by atoms with E-state index in [-0.39, 0.29) is 23.3 Å². The first kappa shape index (κ1) is 25.3.